The van der Waals surface area contributed by atoms with Crippen LogP contribution in [0.5, 0.6) is 0 Å². The Bertz CT molecular complexity index is 1090. The van der Waals surface area contributed by atoms with Gasteiger partial charge in [0.1, 0.15) is 0 Å². The highest BCUT2D eigenvalue weighted by Crippen LogP contribution is 2.34. The van der Waals surface area contributed by atoms with Gasteiger partial charge in [-0.1, -0.05) is 36.4 Å². The van der Waals surface area contributed by atoms with Crippen LogP contribution in [0.4, 0.5) is 0 Å². The molecule has 5 aromatic rings. The van der Waals surface area contributed by atoms with E-state index in [1.807, 2.05) is 0 Å². The van der Waals surface area contributed by atoms with Crippen LogP contribution in [0, 0.1) is 13.8 Å². The van der Waals surface area contributed by atoms with E-state index >= 15 is 0 Å². The summed E-state index contributed by atoms with van der Waals surface area (Å²) in [4.78, 5) is 7.19. The molecule has 2 heterocycles. The minimum atomic E-state index is 1.21. The minimum Gasteiger partial charge on any atom is -0.354 e. The first kappa shape index (κ1) is 11.9. The minimum absolute atomic E-state index is 1.21. The predicted octanol–water partition coefficient (Wildman–Crippen LogP) is 5.57. The third-order valence-corrected chi connectivity index (χ3v) is 4.80. The molecule has 0 radical (unpaired) electrons. The lowest BCUT2D eigenvalue weighted by Gasteiger charge is -1.95. The second-order valence-corrected chi connectivity index (χ2v) is 6.19. The SMILES string of the molecule is Cc1cccc2c1[nH]c1cc3c(cc12)[nH]c1c(C)cccc13. The molecular formula is C20H16N2. The van der Waals surface area contributed by atoms with Crippen LogP contribution in [0.3, 0.4) is 0 Å². The van der Waals surface area contributed by atoms with E-state index in [2.05, 4.69) is 72.3 Å². The molecule has 0 atom stereocenters. The highest BCUT2D eigenvalue weighted by molar-refractivity contribution is 6.17. The van der Waals surface area contributed by atoms with Crippen LogP contribution in [0.15, 0.2) is 48.5 Å². The first-order chi connectivity index (χ1) is 10.7. The van der Waals surface area contributed by atoms with E-state index in [4.69, 9.17) is 0 Å². The maximum absolute atomic E-state index is 3.59. The van der Waals surface area contributed by atoms with E-state index in [0.717, 1.165) is 0 Å². The Labute approximate surface area is 127 Å². The summed E-state index contributed by atoms with van der Waals surface area (Å²) in [5, 5.41) is 5.17. The van der Waals surface area contributed by atoms with Crippen LogP contribution in [0.25, 0.3) is 43.6 Å². The molecule has 0 bridgehead atoms. The molecule has 0 saturated carbocycles. The Morgan fingerprint density at radius 2 is 1.05 bits per heavy atom. The molecule has 2 heteroatoms. The Morgan fingerprint density at radius 1 is 0.591 bits per heavy atom. The van der Waals surface area contributed by atoms with Gasteiger partial charge in [-0.2, -0.15) is 0 Å². The number of hydrogen-bond acceptors (Lipinski definition) is 0. The van der Waals surface area contributed by atoms with Gasteiger partial charge in [0.2, 0.25) is 0 Å². The first-order valence-electron chi connectivity index (χ1n) is 7.64. The van der Waals surface area contributed by atoms with E-state index in [-0.39, 0.29) is 0 Å². The third kappa shape index (κ3) is 1.39. The van der Waals surface area contributed by atoms with E-state index in [1.165, 1.54) is 54.7 Å². The van der Waals surface area contributed by atoms with Gasteiger partial charge in [-0.05, 0) is 37.1 Å². The fraction of sp³-hybridized carbons (Fsp3) is 0.100. The molecule has 0 aliphatic heterocycles. The van der Waals surface area contributed by atoms with Gasteiger partial charge >= 0.3 is 0 Å². The summed E-state index contributed by atoms with van der Waals surface area (Å²) in [6.07, 6.45) is 0. The predicted molar refractivity (Wildman–Crippen MR) is 94.6 cm³/mol. The molecule has 2 N–H and O–H groups in total. The zero-order chi connectivity index (χ0) is 14.8. The molecule has 0 unspecified atom stereocenters. The lowest BCUT2D eigenvalue weighted by atomic mass is 10.1. The van der Waals surface area contributed by atoms with Crippen LogP contribution in [-0.4, -0.2) is 9.97 Å². The maximum atomic E-state index is 3.59. The van der Waals surface area contributed by atoms with Crippen molar-refractivity contribution in [1.82, 2.24) is 9.97 Å². The average Bonchev–Trinajstić information content (AvgIpc) is 3.05. The van der Waals surface area contributed by atoms with E-state index in [0.29, 0.717) is 0 Å². The summed E-state index contributed by atoms with van der Waals surface area (Å²) in [5.74, 6) is 0. The fourth-order valence-electron chi connectivity index (χ4n) is 3.64. The quantitative estimate of drug-likeness (QED) is 0.372. The summed E-state index contributed by atoms with van der Waals surface area (Å²) < 4.78 is 0. The number of aryl methyl sites for hydroxylation is 2. The van der Waals surface area contributed by atoms with Gasteiger partial charge in [0.25, 0.3) is 0 Å². The standard InChI is InChI=1S/C20H16N2/c1-11-5-3-7-13-15-9-18-16(10-17(15)21-19(11)13)14-8-4-6-12(2)20(14)22-18/h3-10,21-22H,1-2H3. The van der Waals surface area contributed by atoms with Gasteiger partial charge in [0.05, 0.1) is 0 Å². The van der Waals surface area contributed by atoms with Crippen LogP contribution in [0.2, 0.25) is 0 Å². The van der Waals surface area contributed by atoms with Crippen molar-refractivity contribution in [3.63, 3.8) is 0 Å². The number of aromatic amines is 2. The summed E-state index contributed by atoms with van der Waals surface area (Å²) >= 11 is 0. The van der Waals surface area contributed by atoms with Gasteiger partial charge in [-0.3, -0.25) is 0 Å². The van der Waals surface area contributed by atoms with Crippen molar-refractivity contribution in [3.05, 3.63) is 59.7 Å². The molecule has 106 valence electrons. The van der Waals surface area contributed by atoms with E-state index in [1.54, 1.807) is 0 Å². The molecule has 0 spiro atoms. The zero-order valence-electron chi connectivity index (χ0n) is 12.6. The Morgan fingerprint density at radius 3 is 1.50 bits per heavy atom. The summed E-state index contributed by atoms with van der Waals surface area (Å²) in [5.41, 5.74) is 7.48. The van der Waals surface area contributed by atoms with E-state index in [9.17, 15) is 0 Å². The van der Waals surface area contributed by atoms with Gasteiger partial charge in [-0.15, -0.1) is 0 Å². The first-order valence-corrected chi connectivity index (χ1v) is 7.64. The molecule has 0 amide bonds. The largest absolute Gasteiger partial charge is 0.354 e. The van der Waals surface area contributed by atoms with Crippen molar-refractivity contribution in [2.75, 3.05) is 0 Å². The Kier molecular flexibility index (Phi) is 2.11. The fourth-order valence-corrected chi connectivity index (χ4v) is 3.64. The third-order valence-electron chi connectivity index (χ3n) is 4.80. The second kappa shape index (κ2) is 3.92. The molecule has 0 aliphatic rings. The van der Waals surface area contributed by atoms with Crippen molar-refractivity contribution in [2.45, 2.75) is 13.8 Å². The highest BCUT2D eigenvalue weighted by atomic mass is 14.7. The van der Waals surface area contributed by atoms with Crippen molar-refractivity contribution in [3.8, 4) is 0 Å². The number of hydrogen-bond donors (Lipinski definition) is 2. The van der Waals surface area contributed by atoms with Crippen LogP contribution in [-0.2, 0) is 0 Å². The van der Waals surface area contributed by atoms with Gasteiger partial charge in [0.15, 0.2) is 0 Å². The summed E-state index contributed by atoms with van der Waals surface area (Å²) in [6, 6.07) is 17.5. The van der Waals surface area contributed by atoms with Crippen molar-refractivity contribution >= 4 is 43.6 Å². The molecule has 0 fully saturated rings. The van der Waals surface area contributed by atoms with Crippen LogP contribution >= 0.6 is 0 Å². The van der Waals surface area contributed by atoms with Gasteiger partial charge in [-0.25, -0.2) is 0 Å². The van der Waals surface area contributed by atoms with Crippen molar-refractivity contribution in [2.24, 2.45) is 0 Å². The summed E-state index contributed by atoms with van der Waals surface area (Å²) in [6.45, 7) is 4.31. The van der Waals surface area contributed by atoms with Gasteiger partial charge < -0.3 is 9.97 Å². The summed E-state index contributed by atoms with van der Waals surface area (Å²) in [7, 11) is 0. The maximum Gasteiger partial charge on any atom is 0.0494 e. The topological polar surface area (TPSA) is 31.6 Å². The lowest BCUT2D eigenvalue weighted by Crippen LogP contribution is -1.74. The number of aromatic nitrogens is 2. The molecule has 0 aliphatic carbocycles. The number of rotatable bonds is 0. The normalized spacial score (nSPS) is 12.1. The Hall–Kier alpha value is -2.74. The molecule has 3 aromatic carbocycles. The smallest absolute Gasteiger partial charge is 0.0494 e. The van der Waals surface area contributed by atoms with Crippen molar-refractivity contribution in [1.29, 1.82) is 0 Å². The monoisotopic (exact) mass is 284 g/mol. The zero-order valence-corrected chi connectivity index (χ0v) is 12.6. The number of para-hydroxylation sites is 2. The van der Waals surface area contributed by atoms with Gasteiger partial charge in [0, 0.05) is 43.6 Å². The number of nitrogens with one attached hydrogen (secondary N) is 2. The molecule has 5 rings (SSSR count). The van der Waals surface area contributed by atoms with Crippen LogP contribution in [0.1, 0.15) is 11.1 Å². The molecule has 2 nitrogen and oxygen atoms in total. The average molecular weight is 284 g/mol. The number of benzene rings is 3. The molecular weight excluding hydrogens is 268 g/mol. The van der Waals surface area contributed by atoms with Crippen molar-refractivity contribution < 1.29 is 0 Å². The molecule has 0 saturated heterocycles. The molecule has 22 heavy (non-hydrogen) atoms. The number of fused-ring (bicyclic) bond motifs is 6. The molecule has 2 aromatic heterocycles. The highest BCUT2D eigenvalue weighted by Gasteiger charge is 2.11. The Balaban J connectivity index is 2.02. The van der Waals surface area contributed by atoms with E-state index < -0.39 is 0 Å². The number of H-pyrrole nitrogens is 2. The van der Waals surface area contributed by atoms with Crippen LogP contribution < -0.4 is 0 Å². The lowest BCUT2D eigenvalue weighted by molar-refractivity contribution is 1.45. The second-order valence-electron chi connectivity index (χ2n) is 6.19.